The van der Waals surface area contributed by atoms with Gasteiger partial charge in [0.25, 0.3) is 6.43 Å². The van der Waals surface area contributed by atoms with E-state index in [1.54, 1.807) is 0 Å². The van der Waals surface area contributed by atoms with Gasteiger partial charge in [-0.05, 0) is 11.6 Å². The monoisotopic (exact) mass is 303 g/mol. The van der Waals surface area contributed by atoms with Gasteiger partial charge in [0.05, 0.1) is 18.0 Å². The van der Waals surface area contributed by atoms with Gasteiger partial charge in [-0.1, -0.05) is 0 Å². The normalized spacial score (nSPS) is 11.9. The second kappa shape index (κ2) is 5.68. The summed E-state index contributed by atoms with van der Waals surface area (Å²) in [5.74, 6) is -1.89. The fourth-order valence-electron chi connectivity index (χ4n) is 1.44. The van der Waals surface area contributed by atoms with E-state index in [1.807, 2.05) is 0 Å². The molecule has 0 aliphatic heterocycles. The summed E-state index contributed by atoms with van der Waals surface area (Å²) in [6.07, 6.45) is -9.21. The lowest BCUT2D eigenvalue weighted by Gasteiger charge is -2.15. The molecule has 1 N–H and O–H groups in total. The fourth-order valence-corrected chi connectivity index (χ4v) is 1.67. The molecule has 0 unspecified atom stereocenters. The first-order valence-corrected chi connectivity index (χ1v) is 5.36. The van der Waals surface area contributed by atoms with Gasteiger partial charge in [-0.15, -0.1) is 11.6 Å². The van der Waals surface area contributed by atoms with Crippen molar-refractivity contribution in [1.29, 1.82) is 0 Å². The van der Waals surface area contributed by atoms with Crippen LogP contribution in [0.4, 0.5) is 22.0 Å². The number of aliphatic carboxylic acids is 1. The Morgan fingerprint density at radius 1 is 1.42 bits per heavy atom. The Morgan fingerprint density at radius 3 is 2.37 bits per heavy atom. The first-order chi connectivity index (χ1) is 8.66. The van der Waals surface area contributed by atoms with E-state index in [2.05, 4.69) is 4.98 Å². The highest BCUT2D eigenvalue weighted by Crippen LogP contribution is 2.36. The number of rotatable bonds is 4. The highest BCUT2D eigenvalue weighted by Gasteiger charge is 2.38. The van der Waals surface area contributed by atoms with E-state index in [-0.39, 0.29) is 11.3 Å². The summed E-state index contributed by atoms with van der Waals surface area (Å²) < 4.78 is 62.9. The molecule has 1 rings (SSSR count). The van der Waals surface area contributed by atoms with E-state index >= 15 is 0 Å². The average molecular weight is 304 g/mol. The Labute approximate surface area is 109 Å². The quantitative estimate of drug-likeness (QED) is 0.685. The number of halogens is 6. The summed E-state index contributed by atoms with van der Waals surface area (Å²) in [7, 11) is 0. The maximum Gasteiger partial charge on any atom is 0.433 e. The predicted molar refractivity (Wildman–Crippen MR) is 55.1 cm³/mol. The molecule has 0 fully saturated rings. The third-order valence-electron chi connectivity index (χ3n) is 2.19. The molecule has 0 aliphatic carbocycles. The highest BCUT2D eigenvalue weighted by atomic mass is 35.5. The van der Waals surface area contributed by atoms with Crippen LogP contribution in [0.15, 0.2) is 6.07 Å². The van der Waals surface area contributed by atoms with Crippen molar-refractivity contribution in [1.82, 2.24) is 4.98 Å². The Balaban J connectivity index is 3.46. The fraction of sp³-hybridized carbons (Fsp3) is 0.400. The summed E-state index contributed by atoms with van der Waals surface area (Å²) in [5, 5.41) is 8.56. The smallest absolute Gasteiger partial charge is 0.433 e. The van der Waals surface area contributed by atoms with Crippen LogP contribution in [-0.4, -0.2) is 16.1 Å². The largest absolute Gasteiger partial charge is 0.481 e. The topological polar surface area (TPSA) is 50.2 Å². The van der Waals surface area contributed by atoms with Crippen LogP contribution < -0.4 is 0 Å². The number of carboxylic acid groups (broad SMARTS) is 1. The van der Waals surface area contributed by atoms with E-state index in [4.69, 9.17) is 16.7 Å². The number of pyridine rings is 1. The summed E-state index contributed by atoms with van der Waals surface area (Å²) in [6, 6.07) is 0.492. The molecule has 1 aromatic rings. The Bertz CT molecular complexity index is 490. The van der Waals surface area contributed by atoms with E-state index in [1.165, 1.54) is 0 Å². The highest BCUT2D eigenvalue weighted by molar-refractivity contribution is 6.17. The van der Waals surface area contributed by atoms with Crippen LogP contribution in [0.2, 0.25) is 0 Å². The molecule has 19 heavy (non-hydrogen) atoms. The molecular weight excluding hydrogens is 297 g/mol. The van der Waals surface area contributed by atoms with Gasteiger partial charge in [0, 0.05) is 5.56 Å². The van der Waals surface area contributed by atoms with Crippen LogP contribution in [0, 0.1) is 0 Å². The molecule has 0 bridgehead atoms. The van der Waals surface area contributed by atoms with E-state index in [0.29, 0.717) is 6.07 Å². The van der Waals surface area contributed by atoms with Gasteiger partial charge in [0.1, 0.15) is 0 Å². The molecule has 106 valence electrons. The van der Waals surface area contributed by atoms with Crippen LogP contribution >= 0.6 is 11.6 Å². The van der Waals surface area contributed by atoms with Crippen molar-refractivity contribution in [3.63, 3.8) is 0 Å². The van der Waals surface area contributed by atoms with Crippen molar-refractivity contribution < 1.29 is 31.9 Å². The van der Waals surface area contributed by atoms with Gasteiger partial charge in [0.15, 0.2) is 5.69 Å². The molecule has 0 aromatic carbocycles. The molecule has 0 amide bonds. The van der Waals surface area contributed by atoms with E-state index in [0.717, 1.165) is 0 Å². The van der Waals surface area contributed by atoms with Crippen LogP contribution in [0.25, 0.3) is 0 Å². The molecule has 0 spiro atoms. The minimum atomic E-state index is -5.06. The van der Waals surface area contributed by atoms with Crippen LogP contribution in [0.5, 0.6) is 0 Å². The van der Waals surface area contributed by atoms with E-state index < -0.39 is 42.1 Å². The molecule has 3 nitrogen and oxygen atoms in total. The average Bonchev–Trinajstić information content (AvgIpc) is 2.26. The van der Waals surface area contributed by atoms with Crippen LogP contribution in [-0.2, 0) is 23.3 Å². The van der Waals surface area contributed by atoms with Crippen molar-refractivity contribution in [3.05, 3.63) is 28.6 Å². The maximum atomic E-state index is 12.6. The first-order valence-electron chi connectivity index (χ1n) is 4.82. The second-order valence-electron chi connectivity index (χ2n) is 3.53. The number of carbonyl (C=O) groups is 1. The Hall–Kier alpha value is -1.44. The molecule has 1 aromatic heterocycles. The van der Waals surface area contributed by atoms with Gasteiger partial charge < -0.3 is 5.11 Å². The molecule has 0 atom stereocenters. The number of hydrogen-bond acceptors (Lipinski definition) is 2. The third kappa shape index (κ3) is 3.76. The summed E-state index contributed by atoms with van der Waals surface area (Å²) in [4.78, 5) is 13.6. The van der Waals surface area contributed by atoms with Gasteiger partial charge in [-0.25, -0.2) is 13.8 Å². The van der Waals surface area contributed by atoms with Gasteiger partial charge in [0.2, 0.25) is 0 Å². The minimum absolute atomic E-state index is 0.259. The molecule has 1 heterocycles. The number of alkyl halides is 6. The zero-order valence-corrected chi connectivity index (χ0v) is 9.90. The zero-order valence-electron chi connectivity index (χ0n) is 9.14. The van der Waals surface area contributed by atoms with Crippen molar-refractivity contribution in [2.45, 2.75) is 24.9 Å². The summed E-state index contributed by atoms with van der Waals surface area (Å²) in [5.41, 5.74) is -3.73. The molecule has 0 saturated carbocycles. The SMILES string of the molecule is O=C(O)Cc1cc(C(F)F)c(C(F)(F)F)nc1CCl. The maximum absolute atomic E-state index is 12.6. The number of aromatic nitrogens is 1. The van der Waals surface area contributed by atoms with Crippen molar-refractivity contribution in [3.8, 4) is 0 Å². The molecule has 0 saturated heterocycles. The predicted octanol–water partition coefficient (Wildman–Crippen LogP) is 3.40. The third-order valence-corrected chi connectivity index (χ3v) is 2.45. The Morgan fingerprint density at radius 2 is 2.00 bits per heavy atom. The van der Waals surface area contributed by atoms with Crippen molar-refractivity contribution in [2.24, 2.45) is 0 Å². The molecule has 9 heteroatoms. The van der Waals surface area contributed by atoms with Crippen LogP contribution in [0.3, 0.4) is 0 Å². The van der Waals surface area contributed by atoms with Crippen molar-refractivity contribution >= 4 is 17.6 Å². The lowest BCUT2D eigenvalue weighted by molar-refractivity contribution is -0.143. The molecular formula is C10H7ClF5NO2. The first kappa shape index (κ1) is 15.6. The molecule has 0 radical (unpaired) electrons. The minimum Gasteiger partial charge on any atom is -0.481 e. The van der Waals surface area contributed by atoms with Crippen molar-refractivity contribution in [2.75, 3.05) is 0 Å². The van der Waals surface area contributed by atoms with Gasteiger partial charge in [-0.2, -0.15) is 13.2 Å². The van der Waals surface area contributed by atoms with Gasteiger partial charge >= 0.3 is 12.1 Å². The van der Waals surface area contributed by atoms with Gasteiger partial charge in [-0.3, -0.25) is 4.79 Å². The molecule has 0 aliphatic rings. The lowest BCUT2D eigenvalue weighted by Crippen LogP contribution is -2.16. The summed E-state index contributed by atoms with van der Waals surface area (Å²) >= 11 is 5.36. The zero-order chi connectivity index (χ0) is 14.8. The lowest BCUT2D eigenvalue weighted by atomic mass is 10.0. The standard InChI is InChI=1S/C10H7ClF5NO2/c11-3-6-4(2-7(18)19)1-5(9(12)13)8(17-6)10(14,15)16/h1,9H,2-3H2,(H,18,19). The number of carboxylic acids is 1. The second-order valence-corrected chi connectivity index (χ2v) is 3.80. The number of nitrogens with zero attached hydrogens (tertiary/aromatic N) is 1. The summed E-state index contributed by atoms with van der Waals surface area (Å²) in [6.45, 7) is 0. The number of hydrogen-bond donors (Lipinski definition) is 1. The van der Waals surface area contributed by atoms with E-state index in [9.17, 15) is 26.7 Å². The Kier molecular flexibility index (Phi) is 4.67. The van der Waals surface area contributed by atoms with Crippen LogP contribution in [0.1, 0.15) is 28.9 Å².